The third kappa shape index (κ3) is 2.34. The van der Waals surface area contributed by atoms with Gasteiger partial charge in [-0.05, 0) is 6.42 Å². The van der Waals surface area contributed by atoms with Crippen molar-refractivity contribution >= 4 is 0 Å². The Labute approximate surface area is 73.6 Å². The fraction of sp³-hybridized carbons (Fsp3) is 0.667. The average Bonchev–Trinajstić information content (AvgIpc) is 2.47. The molecule has 0 amide bonds. The molecule has 0 aliphatic rings. The molecule has 1 rings (SSSR count). The number of rotatable bonds is 4. The van der Waals surface area contributed by atoms with Crippen LogP contribution in [0.1, 0.15) is 32.0 Å². The van der Waals surface area contributed by atoms with Gasteiger partial charge in [0.05, 0.1) is 6.20 Å². The lowest BCUT2D eigenvalue weighted by Gasteiger charge is -2.06. The molecule has 3 nitrogen and oxygen atoms in total. The Morgan fingerprint density at radius 2 is 2.33 bits per heavy atom. The van der Waals surface area contributed by atoms with Crippen LogP contribution in [-0.2, 0) is 13.0 Å². The number of nitrogens with one attached hydrogen (secondary N) is 2. The summed E-state index contributed by atoms with van der Waals surface area (Å²) in [5, 5.41) is 10.4. The molecule has 0 aliphatic heterocycles. The Morgan fingerprint density at radius 3 is 2.92 bits per heavy atom. The Bertz CT molecular complexity index is 227. The molecule has 0 radical (unpaired) electrons. The zero-order valence-electron chi connectivity index (χ0n) is 8.02. The van der Waals surface area contributed by atoms with Crippen LogP contribution in [0.2, 0.25) is 0 Å². The first-order valence-corrected chi connectivity index (χ1v) is 4.48. The molecule has 1 aromatic heterocycles. The lowest BCUT2D eigenvalue weighted by atomic mass is 10.2. The molecular formula is C9H17N3. The van der Waals surface area contributed by atoms with Crippen LogP contribution in [-0.4, -0.2) is 16.2 Å². The van der Waals surface area contributed by atoms with Gasteiger partial charge in [0.2, 0.25) is 0 Å². The second kappa shape index (κ2) is 4.26. The summed E-state index contributed by atoms with van der Waals surface area (Å²) in [6, 6.07) is 0.532. The van der Waals surface area contributed by atoms with Crippen molar-refractivity contribution in [2.75, 3.05) is 0 Å². The van der Waals surface area contributed by atoms with Gasteiger partial charge in [0.15, 0.2) is 0 Å². The van der Waals surface area contributed by atoms with Gasteiger partial charge in [0.1, 0.15) is 0 Å². The quantitative estimate of drug-likeness (QED) is 0.713. The highest BCUT2D eigenvalue weighted by Crippen LogP contribution is 2.04. The summed E-state index contributed by atoms with van der Waals surface area (Å²) in [7, 11) is 0. The van der Waals surface area contributed by atoms with Crippen LogP contribution >= 0.6 is 0 Å². The molecule has 1 aromatic rings. The van der Waals surface area contributed by atoms with Gasteiger partial charge in [0.25, 0.3) is 0 Å². The van der Waals surface area contributed by atoms with E-state index in [2.05, 4.69) is 36.3 Å². The first-order valence-electron chi connectivity index (χ1n) is 4.48. The van der Waals surface area contributed by atoms with Gasteiger partial charge in [-0.15, -0.1) is 0 Å². The van der Waals surface area contributed by atoms with Gasteiger partial charge >= 0.3 is 0 Å². The summed E-state index contributed by atoms with van der Waals surface area (Å²) < 4.78 is 0. The number of hydrogen-bond acceptors (Lipinski definition) is 2. The second-order valence-electron chi connectivity index (χ2n) is 3.26. The first kappa shape index (κ1) is 9.26. The predicted octanol–water partition coefficient (Wildman–Crippen LogP) is 1.47. The Hall–Kier alpha value is -0.830. The van der Waals surface area contributed by atoms with Crippen LogP contribution in [0.25, 0.3) is 0 Å². The van der Waals surface area contributed by atoms with Crippen molar-refractivity contribution in [3.63, 3.8) is 0 Å². The molecule has 12 heavy (non-hydrogen) atoms. The lowest BCUT2D eigenvalue weighted by Crippen LogP contribution is -2.22. The molecule has 0 aliphatic carbocycles. The molecule has 0 saturated heterocycles. The smallest absolute Gasteiger partial charge is 0.0535 e. The number of H-pyrrole nitrogens is 1. The van der Waals surface area contributed by atoms with Crippen LogP contribution in [0.5, 0.6) is 0 Å². The highest BCUT2D eigenvalue weighted by molar-refractivity contribution is 5.15. The van der Waals surface area contributed by atoms with E-state index in [0.717, 1.165) is 13.0 Å². The Kier molecular flexibility index (Phi) is 3.29. The highest BCUT2D eigenvalue weighted by Gasteiger charge is 2.02. The van der Waals surface area contributed by atoms with E-state index in [1.807, 2.05) is 6.20 Å². The molecule has 3 heteroatoms. The SMILES string of the molecule is CCc1[nH]ncc1CNC(C)C. The van der Waals surface area contributed by atoms with Gasteiger partial charge < -0.3 is 5.32 Å². The van der Waals surface area contributed by atoms with Gasteiger partial charge in [-0.25, -0.2) is 0 Å². The maximum absolute atomic E-state index is 4.01. The highest BCUT2D eigenvalue weighted by atomic mass is 15.1. The number of aromatic amines is 1. The van der Waals surface area contributed by atoms with Crippen LogP contribution in [0.15, 0.2) is 6.20 Å². The van der Waals surface area contributed by atoms with Crippen molar-refractivity contribution in [1.29, 1.82) is 0 Å². The minimum Gasteiger partial charge on any atom is -0.310 e. The van der Waals surface area contributed by atoms with Gasteiger partial charge in [0, 0.05) is 23.8 Å². The van der Waals surface area contributed by atoms with Crippen molar-refractivity contribution in [2.45, 2.75) is 39.8 Å². The van der Waals surface area contributed by atoms with Gasteiger partial charge in [-0.2, -0.15) is 5.10 Å². The van der Waals surface area contributed by atoms with Crippen molar-refractivity contribution in [3.8, 4) is 0 Å². The molecule has 0 saturated carbocycles. The molecular weight excluding hydrogens is 150 g/mol. The summed E-state index contributed by atoms with van der Waals surface area (Å²) in [5.74, 6) is 0. The minimum atomic E-state index is 0.532. The van der Waals surface area contributed by atoms with E-state index in [1.54, 1.807) is 0 Å². The number of aromatic nitrogens is 2. The second-order valence-corrected chi connectivity index (χ2v) is 3.26. The maximum atomic E-state index is 4.01. The van der Waals surface area contributed by atoms with Gasteiger partial charge in [-0.3, -0.25) is 5.10 Å². The van der Waals surface area contributed by atoms with Crippen LogP contribution < -0.4 is 5.32 Å². The normalized spacial score (nSPS) is 11.0. The molecule has 0 spiro atoms. The summed E-state index contributed by atoms with van der Waals surface area (Å²) in [6.45, 7) is 7.33. The summed E-state index contributed by atoms with van der Waals surface area (Å²) in [6.07, 6.45) is 2.92. The summed E-state index contributed by atoms with van der Waals surface area (Å²) >= 11 is 0. The third-order valence-corrected chi connectivity index (χ3v) is 1.86. The van der Waals surface area contributed by atoms with Crippen LogP contribution in [0.4, 0.5) is 0 Å². The van der Waals surface area contributed by atoms with E-state index in [9.17, 15) is 0 Å². The molecule has 0 unspecified atom stereocenters. The zero-order chi connectivity index (χ0) is 8.97. The first-order chi connectivity index (χ1) is 5.74. The maximum Gasteiger partial charge on any atom is 0.0535 e. The van der Waals surface area contributed by atoms with E-state index < -0.39 is 0 Å². The van der Waals surface area contributed by atoms with E-state index in [4.69, 9.17) is 0 Å². The Balaban J connectivity index is 2.50. The predicted molar refractivity (Wildman–Crippen MR) is 49.9 cm³/mol. The summed E-state index contributed by atoms with van der Waals surface area (Å²) in [5.41, 5.74) is 2.52. The Morgan fingerprint density at radius 1 is 1.58 bits per heavy atom. The zero-order valence-corrected chi connectivity index (χ0v) is 8.02. The van der Waals surface area contributed by atoms with E-state index >= 15 is 0 Å². The number of hydrogen-bond donors (Lipinski definition) is 2. The molecule has 0 aromatic carbocycles. The largest absolute Gasteiger partial charge is 0.310 e. The minimum absolute atomic E-state index is 0.532. The molecule has 1 heterocycles. The number of nitrogens with zero attached hydrogens (tertiary/aromatic N) is 1. The van der Waals surface area contributed by atoms with Crippen molar-refractivity contribution in [1.82, 2.24) is 15.5 Å². The number of aryl methyl sites for hydroxylation is 1. The fourth-order valence-corrected chi connectivity index (χ4v) is 1.11. The van der Waals surface area contributed by atoms with Crippen molar-refractivity contribution in [2.24, 2.45) is 0 Å². The molecule has 0 bridgehead atoms. The topological polar surface area (TPSA) is 40.7 Å². The third-order valence-electron chi connectivity index (χ3n) is 1.86. The van der Waals surface area contributed by atoms with E-state index in [0.29, 0.717) is 6.04 Å². The molecule has 0 fully saturated rings. The fourth-order valence-electron chi connectivity index (χ4n) is 1.11. The molecule has 0 atom stereocenters. The average molecular weight is 167 g/mol. The standard InChI is InChI=1S/C9H17N3/c1-4-9-8(6-11-12-9)5-10-7(2)3/h6-7,10H,4-5H2,1-3H3,(H,11,12). The monoisotopic (exact) mass is 167 g/mol. The van der Waals surface area contributed by atoms with Crippen LogP contribution in [0.3, 0.4) is 0 Å². The molecule has 2 N–H and O–H groups in total. The van der Waals surface area contributed by atoms with Crippen LogP contribution in [0, 0.1) is 0 Å². The van der Waals surface area contributed by atoms with Crippen molar-refractivity contribution < 1.29 is 0 Å². The summed E-state index contributed by atoms with van der Waals surface area (Å²) in [4.78, 5) is 0. The van der Waals surface area contributed by atoms with Crippen molar-refractivity contribution in [3.05, 3.63) is 17.5 Å². The molecule has 68 valence electrons. The lowest BCUT2D eigenvalue weighted by molar-refractivity contribution is 0.586. The van der Waals surface area contributed by atoms with E-state index in [1.165, 1.54) is 11.3 Å². The van der Waals surface area contributed by atoms with E-state index in [-0.39, 0.29) is 0 Å². The van der Waals surface area contributed by atoms with Gasteiger partial charge in [-0.1, -0.05) is 20.8 Å².